The fourth-order valence-electron chi connectivity index (χ4n) is 3.66. The molecule has 0 radical (unpaired) electrons. The predicted octanol–water partition coefficient (Wildman–Crippen LogP) is 2.13. The molecule has 0 spiro atoms. The quantitative estimate of drug-likeness (QED) is 0.484. The molecule has 0 atom stereocenters. The molecule has 1 aliphatic rings. The van der Waals surface area contributed by atoms with E-state index in [1.807, 2.05) is 12.1 Å². The van der Waals surface area contributed by atoms with E-state index < -0.39 is 0 Å². The molecule has 0 unspecified atom stereocenters. The largest absolute Gasteiger partial charge is 0.495 e. The van der Waals surface area contributed by atoms with Crippen molar-refractivity contribution in [3.8, 4) is 17.6 Å². The molecule has 0 aliphatic carbocycles. The van der Waals surface area contributed by atoms with Crippen molar-refractivity contribution in [3.63, 3.8) is 0 Å². The van der Waals surface area contributed by atoms with Gasteiger partial charge in [0, 0.05) is 18.5 Å². The monoisotopic (exact) mass is 432 g/mol. The van der Waals surface area contributed by atoms with Gasteiger partial charge in [-0.2, -0.15) is 15.3 Å². The normalized spacial score (nSPS) is 13.9. The van der Waals surface area contributed by atoms with Crippen molar-refractivity contribution in [1.29, 1.82) is 5.26 Å². The Morgan fingerprint density at radius 2 is 2.19 bits per heavy atom. The van der Waals surface area contributed by atoms with E-state index in [0.29, 0.717) is 23.2 Å². The highest BCUT2D eigenvalue weighted by molar-refractivity contribution is 5.93. The van der Waals surface area contributed by atoms with Crippen LogP contribution >= 0.6 is 0 Å². The second-order valence-electron chi connectivity index (χ2n) is 7.36. The molecule has 1 fully saturated rings. The predicted molar refractivity (Wildman–Crippen MR) is 118 cm³/mol. The minimum Gasteiger partial charge on any atom is -0.495 e. The van der Waals surface area contributed by atoms with Crippen LogP contribution in [0.3, 0.4) is 0 Å². The lowest BCUT2D eigenvalue weighted by Crippen LogP contribution is -2.26. The van der Waals surface area contributed by atoms with Crippen LogP contribution in [-0.2, 0) is 0 Å². The zero-order chi connectivity index (χ0) is 22.3. The second-order valence-corrected chi connectivity index (χ2v) is 7.36. The van der Waals surface area contributed by atoms with Crippen molar-refractivity contribution < 1.29 is 9.53 Å². The summed E-state index contributed by atoms with van der Waals surface area (Å²) in [6, 6.07) is 9.73. The van der Waals surface area contributed by atoms with Crippen LogP contribution in [0.5, 0.6) is 5.75 Å². The van der Waals surface area contributed by atoms with Gasteiger partial charge in [-0.3, -0.25) is 4.79 Å². The van der Waals surface area contributed by atoms with E-state index in [0.717, 1.165) is 37.4 Å². The molecule has 164 valence electrons. The number of aromatic nitrogens is 4. The Hall–Kier alpha value is -3.97. The topological polar surface area (TPSA) is 130 Å². The number of carbonyl (C=O) groups excluding carboxylic acids is 1. The zero-order valence-electron chi connectivity index (χ0n) is 17.7. The van der Waals surface area contributed by atoms with Crippen LogP contribution in [0.1, 0.15) is 34.7 Å². The fourth-order valence-corrected chi connectivity index (χ4v) is 3.66. The number of benzene rings is 1. The smallest absolute Gasteiger partial charge is 0.255 e. The number of nitriles is 1. The number of hydrogen-bond donors (Lipinski definition) is 3. The van der Waals surface area contributed by atoms with Crippen LogP contribution in [0.4, 0.5) is 11.6 Å². The molecular weight excluding hydrogens is 408 g/mol. The fraction of sp³-hybridized carbons (Fsp3) is 0.318. The number of rotatable bonds is 7. The Bertz CT molecular complexity index is 1130. The van der Waals surface area contributed by atoms with Gasteiger partial charge in [-0.05, 0) is 49.5 Å². The number of nitrogens with zero attached hydrogens (tertiary/aromatic N) is 5. The van der Waals surface area contributed by atoms with E-state index in [1.54, 1.807) is 25.6 Å². The van der Waals surface area contributed by atoms with Crippen molar-refractivity contribution >= 4 is 17.5 Å². The number of anilines is 2. The molecular formula is C22H24N8O2. The van der Waals surface area contributed by atoms with Crippen molar-refractivity contribution in [2.24, 2.45) is 0 Å². The second kappa shape index (κ2) is 9.89. The number of amides is 1. The standard InChI is InChI=1S/C22H24N8O2/c1-32-19-12-16(15-4-8-24-9-5-15)2-3-18(19)28-22-26-10-6-20(29-22)30-14-17(13-27-30)21(31)25-11-7-23/h2-3,6,10,12-15,24H,4-5,8-9,11H2,1H3,(H,25,31)(H,26,28,29). The van der Waals surface area contributed by atoms with E-state index in [9.17, 15) is 4.79 Å². The average molecular weight is 432 g/mol. The Labute approximate surface area is 185 Å². The first-order valence-electron chi connectivity index (χ1n) is 10.4. The molecule has 1 saturated heterocycles. The molecule has 4 rings (SSSR count). The molecule has 2 aromatic heterocycles. The van der Waals surface area contributed by atoms with Crippen molar-refractivity contribution in [2.75, 3.05) is 32.1 Å². The third-order valence-corrected chi connectivity index (χ3v) is 5.33. The molecule has 10 heteroatoms. The SMILES string of the molecule is COc1cc(C2CCNCC2)ccc1Nc1nccc(-n2cc(C(=O)NCC#N)cn2)n1. The summed E-state index contributed by atoms with van der Waals surface area (Å²) in [6.07, 6.45) is 6.80. The Morgan fingerprint density at radius 3 is 2.97 bits per heavy atom. The maximum atomic E-state index is 12.0. The summed E-state index contributed by atoms with van der Waals surface area (Å²) in [6.45, 7) is 2.00. The summed E-state index contributed by atoms with van der Waals surface area (Å²) in [7, 11) is 1.65. The van der Waals surface area contributed by atoms with Crippen LogP contribution in [0.25, 0.3) is 5.82 Å². The summed E-state index contributed by atoms with van der Waals surface area (Å²) in [5.41, 5.74) is 2.37. The lowest BCUT2D eigenvalue weighted by molar-refractivity contribution is 0.0958. The average Bonchev–Trinajstić information content (AvgIpc) is 3.34. The van der Waals surface area contributed by atoms with Gasteiger partial charge in [0.2, 0.25) is 5.95 Å². The summed E-state index contributed by atoms with van der Waals surface area (Å²) in [5, 5.41) is 21.9. The summed E-state index contributed by atoms with van der Waals surface area (Å²) in [4.78, 5) is 20.8. The molecule has 1 amide bonds. The molecule has 3 heterocycles. The van der Waals surface area contributed by atoms with E-state index in [4.69, 9.17) is 10.00 Å². The van der Waals surface area contributed by atoms with Gasteiger partial charge in [0.25, 0.3) is 5.91 Å². The first-order chi connectivity index (χ1) is 15.7. The molecule has 3 N–H and O–H groups in total. The summed E-state index contributed by atoms with van der Waals surface area (Å²) >= 11 is 0. The van der Waals surface area contributed by atoms with E-state index in [-0.39, 0.29) is 12.5 Å². The van der Waals surface area contributed by atoms with Crippen LogP contribution in [0, 0.1) is 11.3 Å². The van der Waals surface area contributed by atoms with Gasteiger partial charge in [-0.25, -0.2) is 9.67 Å². The third kappa shape index (κ3) is 4.84. The first kappa shape index (κ1) is 21.3. The van der Waals surface area contributed by atoms with Crippen molar-refractivity contribution in [2.45, 2.75) is 18.8 Å². The lowest BCUT2D eigenvalue weighted by Gasteiger charge is -2.24. The van der Waals surface area contributed by atoms with Gasteiger partial charge >= 0.3 is 0 Å². The van der Waals surface area contributed by atoms with Gasteiger partial charge in [0.15, 0.2) is 5.82 Å². The lowest BCUT2D eigenvalue weighted by atomic mass is 9.90. The number of nitrogens with one attached hydrogen (secondary N) is 3. The first-order valence-corrected chi connectivity index (χ1v) is 10.4. The number of piperidine rings is 1. The van der Waals surface area contributed by atoms with E-state index in [1.165, 1.54) is 16.4 Å². The van der Waals surface area contributed by atoms with Crippen molar-refractivity contribution in [3.05, 3.63) is 54.0 Å². The summed E-state index contributed by atoms with van der Waals surface area (Å²) < 4.78 is 7.08. The number of carbonyl (C=O) groups is 1. The Kier molecular flexibility index (Phi) is 6.57. The van der Waals surface area contributed by atoms with Crippen LogP contribution in [0.2, 0.25) is 0 Å². The van der Waals surface area contributed by atoms with E-state index in [2.05, 4.69) is 43.1 Å². The molecule has 10 nitrogen and oxygen atoms in total. The van der Waals surface area contributed by atoms with E-state index >= 15 is 0 Å². The van der Waals surface area contributed by atoms with Crippen LogP contribution in [0.15, 0.2) is 42.9 Å². The number of methoxy groups -OCH3 is 1. The highest BCUT2D eigenvalue weighted by Crippen LogP contribution is 2.33. The van der Waals surface area contributed by atoms with Crippen LogP contribution in [-0.4, -0.2) is 52.4 Å². The molecule has 0 saturated carbocycles. The third-order valence-electron chi connectivity index (χ3n) is 5.33. The van der Waals surface area contributed by atoms with Gasteiger partial charge in [-0.15, -0.1) is 0 Å². The van der Waals surface area contributed by atoms with Crippen LogP contribution < -0.4 is 20.7 Å². The minimum atomic E-state index is -0.372. The van der Waals surface area contributed by atoms with Crippen molar-refractivity contribution in [1.82, 2.24) is 30.4 Å². The summed E-state index contributed by atoms with van der Waals surface area (Å²) in [5.74, 6) is 1.75. The molecule has 0 bridgehead atoms. The molecule has 1 aliphatic heterocycles. The molecule has 32 heavy (non-hydrogen) atoms. The highest BCUT2D eigenvalue weighted by atomic mass is 16.5. The maximum Gasteiger partial charge on any atom is 0.255 e. The van der Waals surface area contributed by atoms with Gasteiger partial charge in [-0.1, -0.05) is 6.07 Å². The van der Waals surface area contributed by atoms with Gasteiger partial charge < -0.3 is 20.7 Å². The molecule has 1 aromatic carbocycles. The van der Waals surface area contributed by atoms with Gasteiger partial charge in [0.05, 0.1) is 30.6 Å². The number of hydrogen-bond acceptors (Lipinski definition) is 8. The zero-order valence-corrected chi connectivity index (χ0v) is 17.7. The minimum absolute atomic E-state index is 0.0656. The maximum absolute atomic E-state index is 12.0. The highest BCUT2D eigenvalue weighted by Gasteiger charge is 2.17. The Morgan fingerprint density at radius 1 is 1.34 bits per heavy atom. The molecule has 3 aromatic rings. The Balaban J connectivity index is 1.51. The number of ether oxygens (including phenoxy) is 1. The van der Waals surface area contributed by atoms with Gasteiger partial charge in [0.1, 0.15) is 12.3 Å².